The van der Waals surface area contributed by atoms with Crippen molar-refractivity contribution in [2.24, 2.45) is 0 Å². The summed E-state index contributed by atoms with van der Waals surface area (Å²) < 4.78 is 31.8. The van der Waals surface area contributed by atoms with Crippen LogP contribution in [0.3, 0.4) is 0 Å². The second-order valence-corrected chi connectivity index (χ2v) is 11.0. The van der Waals surface area contributed by atoms with E-state index >= 15 is 0 Å². The zero-order valence-corrected chi connectivity index (χ0v) is 21.7. The molecular weight excluding hydrogens is 466 g/mol. The third-order valence-corrected chi connectivity index (χ3v) is 7.50. The summed E-state index contributed by atoms with van der Waals surface area (Å²) in [5.74, 6) is -0.376. The van der Waals surface area contributed by atoms with E-state index in [1.807, 2.05) is 31.2 Å². The van der Waals surface area contributed by atoms with Gasteiger partial charge >= 0.3 is 0 Å². The van der Waals surface area contributed by atoms with Crippen LogP contribution < -0.4 is 14.4 Å². The highest BCUT2D eigenvalue weighted by molar-refractivity contribution is 7.92. The highest BCUT2D eigenvalue weighted by Gasteiger charge is 2.32. The Bertz CT molecular complexity index is 1130. The highest BCUT2D eigenvalue weighted by atomic mass is 32.2. The molecule has 190 valence electrons. The first kappa shape index (κ1) is 26.5. The second-order valence-electron chi connectivity index (χ2n) is 9.11. The van der Waals surface area contributed by atoms with Crippen molar-refractivity contribution in [3.63, 3.8) is 0 Å². The summed E-state index contributed by atoms with van der Waals surface area (Å²) in [5, 5.41) is 3.06. The maximum atomic E-state index is 13.6. The first-order valence-electron chi connectivity index (χ1n) is 11.9. The van der Waals surface area contributed by atoms with Crippen molar-refractivity contribution in [3.05, 3.63) is 59.7 Å². The molecule has 3 rings (SSSR count). The van der Waals surface area contributed by atoms with E-state index in [0.29, 0.717) is 5.75 Å². The van der Waals surface area contributed by atoms with Crippen molar-refractivity contribution in [3.8, 4) is 5.75 Å². The van der Waals surface area contributed by atoms with Crippen LogP contribution in [0.15, 0.2) is 48.5 Å². The summed E-state index contributed by atoms with van der Waals surface area (Å²) in [6.07, 6.45) is 5.06. The van der Waals surface area contributed by atoms with E-state index in [-0.39, 0.29) is 24.2 Å². The van der Waals surface area contributed by atoms with Crippen LogP contribution in [0.25, 0.3) is 0 Å². The van der Waals surface area contributed by atoms with Gasteiger partial charge in [-0.15, -0.1) is 0 Å². The van der Waals surface area contributed by atoms with Crippen LogP contribution in [0.4, 0.5) is 5.69 Å². The van der Waals surface area contributed by atoms with Gasteiger partial charge in [-0.2, -0.15) is 0 Å². The predicted molar refractivity (Wildman–Crippen MR) is 137 cm³/mol. The fourth-order valence-electron chi connectivity index (χ4n) is 4.30. The van der Waals surface area contributed by atoms with Crippen LogP contribution in [-0.4, -0.2) is 57.1 Å². The Morgan fingerprint density at radius 2 is 1.71 bits per heavy atom. The van der Waals surface area contributed by atoms with E-state index < -0.39 is 28.5 Å². The molecule has 2 aromatic carbocycles. The molecule has 0 radical (unpaired) electrons. The molecule has 1 saturated carbocycles. The molecule has 0 heterocycles. The van der Waals surface area contributed by atoms with E-state index in [9.17, 15) is 18.0 Å². The Hall–Kier alpha value is -3.07. The average molecular weight is 502 g/mol. The van der Waals surface area contributed by atoms with Gasteiger partial charge in [0.2, 0.25) is 21.8 Å². The van der Waals surface area contributed by atoms with Crippen molar-refractivity contribution in [1.29, 1.82) is 0 Å². The van der Waals surface area contributed by atoms with Gasteiger partial charge in [0, 0.05) is 12.6 Å². The molecule has 1 aliphatic carbocycles. The molecule has 2 aromatic rings. The number of nitrogens with one attached hydrogen (secondary N) is 1. The number of carbonyl (C=O) groups is 2. The molecule has 8 nitrogen and oxygen atoms in total. The van der Waals surface area contributed by atoms with Gasteiger partial charge in [0.15, 0.2) is 0 Å². The topological polar surface area (TPSA) is 96.0 Å². The molecule has 1 atom stereocenters. The number of hydrogen-bond acceptors (Lipinski definition) is 5. The van der Waals surface area contributed by atoms with Gasteiger partial charge in [-0.05, 0) is 44.4 Å². The van der Waals surface area contributed by atoms with E-state index in [1.165, 1.54) is 12.0 Å². The van der Waals surface area contributed by atoms with Gasteiger partial charge in [-0.25, -0.2) is 8.42 Å². The summed E-state index contributed by atoms with van der Waals surface area (Å²) in [7, 11) is -2.37. The molecule has 1 unspecified atom stereocenters. The number of ether oxygens (including phenoxy) is 1. The number of rotatable bonds is 10. The third kappa shape index (κ3) is 6.97. The number of aryl methyl sites for hydroxylation is 1. The highest BCUT2D eigenvalue weighted by Crippen LogP contribution is 2.29. The maximum Gasteiger partial charge on any atom is 0.244 e. The lowest BCUT2D eigenvalue weighted by molar-refractivity contribution is -0.139. The van der Waals surface area contributed by atoms with Crippen molar-refractivity contribution < 1.29 is 22.7 Å². The quantitative estimate of drug-likeness (QED) is 0.539. The lowest BCUT2D eigenvalue weighted by atomic mass is 10.1. The lowest BCUT2D eigenvalue weighted by Gasteiger charge is -2.32. The number of anilines is 1. The van der Waals surface area contributed by atoms with E-state index in [4.69, 9.17) is 4.74 Å². The molecule has 9 heteroatoms. The Kier molecular flexibility index (Phi) is 8.77. The summed E-state index contributed by atoms with van der Waals surface area (Å²) in [4.78, 5) is 28.2. The standard InChI is InChI=1S/C26H35N3O5S/c1-19-13-15-21(16-14-19)17-28(20(2)26(31)27-22-9-5-6-10-22)25(30)18-29(35(4,32)33)23-11-7-8-12-24(23)34-3/h7-8,11-16,20,22H,5-6,9-10,17-18H2,1-4H3,(H,27,31). The Balaban J connectivity index is 1.89. The predicted octanol–water partition coefficient (Wildman–Crippen LogP) is 3.25. The normalized spacial score (nSPS) is 14.9. The molecule has 0 spiro atoms. The molecule has 1 N–H and O–H groups in total. The number of nitrogens with zero attached hydrogens (tertiary/aromatic N) is 2. The molecule has 0 aromatic heterocycles. The Morgan fingerprint density at radius 3 is 2.31 bits per heavy atom. The van der Waals surface area contributed by atoms with E-state index in [0.717, 1.165) is 47.4 Å². The van der Waals surface area contributed by atoms with Crippen LogP contribution in [0.2, 0.25) is 0 Å². The summed E-state index contributed by atoms with van der Waals surface area (Å²) in [5.41, 5.74) is 2.20. The molecule has 0 saturated heterocycles. The number of amides is 2. The van der Waals surface area contributed by atoms with Gasteiger partial charge in [-0.1, -0.05) is 54.8 Å². The second kappa shape index (κ2) is 11.6. The number of carbonyl (C=O) groups excluding carboxylic acids is 2. The van der Waals surface area contributed by atoms with E-state index in [2.05, 4.69) is 5.32 Å². The van der Waals surface area contributed by atoms with Crippen LogP contribution in [-0.2, 0) is 26.2 Å². The van der Waals surface area contributed by atoms with Crippen molar-refractivity contribution in [2.45, 2.75) is 58.2 Å². The Morgan fingerprint density at radius 1 is 1.09 bits per heavy atom. The fourth-order valence-corrected chi connectivity index (χ4v) is 5.15. The molecule has 0 aliphatic heterocycles. The molecule has 35 heavy (non-hydrogen) atoms. The lowest BCUT2D eigenvalue weighted by Crippen LogP contribution is -2.52. The van der Waals surface area contributed by atoms with Crippen LogP contribution in [0, 0.1) is 6.92 Å². The number of methoxy groups -OCH3 is 1. The first-order valence-corrected chi connectivity index (χ1v) is 13.7. The first-order chi connectivity index (χ1) is 16.6. The van der Waals surface area contributed by atoms with E-state index in [1.54, 1.807) is 31.2 Å². The molecule has 2 amide bonds. The third-order valence-electron chi connectivity index (χ3n) is 6.38. The number of para-hydroxylation sites is 2. The van der Waals surface area contributed by atoms with Crippen molar-refractivity contribution >= 4 is 27.5 Å². The largest absolute Gasteiger partial charge is 0.495 e. The zero-order valence-electron chi connectivity index (χ0n) is 20.9. The van der Waals surface area contributed by atoms with Gasteiger partial charge in [0.1, 0.15) is 18.3 Å². The van der Waals surface area contributed by atoms with Crippen molar-refractivity contribution in [2.75, 3.05) is 24.2 Å². The molecule has 0 bridgehead atoms. The minimum Gasteiger partial charge on any atom is -0.495 e. The van der Waals surface area contributed by atoms with Gasteiger partial charge in [0.05, 0.1) is 19.1 Å². The van der Waals surface area contributed by atoms with Crippen LogP contribution in [0.5, 0.6) is 5.75 Å². The Labute approximate surface area is 208 Å². The molecular formula is C26H35N3O5S. The van der Waals surface area contributed by atoms with Crippen molar-refractivity contribution in [1.82, 2.24) is 10.2 Å². The summed E-state index contributed by atoms with van der Waals surface area (Å²) in [6, 6.07) is 13.7. The smallest absolute Gasteiger partial charge is 0.244 e. The monoisotopic (exact) mass is 501 g/mol. The molecule has 1 fully saturated rings. The van der Waals surface area contributed by atoms with Gasteiger partial charge in [-0.3, -0.25) is 13.9 Å². The van der Waals surface area contributed by atoms with Crippen LogP contribution in [0.1, 0.15) is 43.7 Å². The molecule has 1 aliphatic rings. The average Bonchev–Trinajstić information content (AvgIpc) is 3.34. The zero-order chi connectivity index (χ0) is 25.6. The van der Waals surface area contributed by atoms with Gasteiger partial charge < -0.3 is 15.0 Å². The fraction of sp³-hybridized carbons (Fsp3) is 0.462. The minimum atomic E-state index is -3.82. The number of sulfonamides is 1. The maximum absolute atomic E-state index is 13.6. The number of hydrogen-bond donors (Lipinski definition) is 1. The summed E-state index contributed by atoms with van der Waals surface area (Å²) >= 11 is 0. The summed E-state index contributed by atoms with van der Waals surface area (Å²) in [6.45, 7) is 3.39. The number of benzene rings is 2. The van der Waals surface area contributed by atoms with Gasteiger partial charge in [0.25, 0.3) is 0 Å². The van der Waals surface area contributed by atoms with Crippen LogP contribution >= 0.6 is 0 Å². The SMILES string of the molecule is COc1ccccc1N(CC(=O)N(Cc1ccc(C)cc1)C(C)C(=O)NC1CCCC1)S(C)(=O)=O. The minimum absolute atomic E-state index is 0.113.